The minimum atomic E-state index is -0.908. The van der Waals surface area contributed by atoms with Gasteiger partial charge in [0.05, 0.1) is 6.42 Å². The summed E-state index contributed by atoms with van der Waals surface area (Å²) in [5, 5.41) is 11.8. The van der Waals surface area contributed by atoms with Gasteiger partial charge in [0.2, 0.25) is 5.91 Å². The summed E-state index contributed by atoms with van der Waals surface area (Å²) in [5.74, 6) is -0.505. The van der Waals surface area contributed by atoms with Gasteiger partial charge in [-0.2, -0.15) is 0 Å². The summed E-state index contributed by atoms with van der Waals surface area (Å²) >= 11 is 0. The van der Waals surface area contributed by atoms with Crippen LogP contribution in [0.3, 0.4) is 0 Å². The number of amides is 2. The number of carboxylic acid groups (broad SMARTS) is 1. The maximum absolute atomic E-state index is 12.9. The third-order valence-electron chi connectivity index (χ3n) is 6.81. The van der Waals surface area contributed by atoms with E-state index in [9.17, 15) is 14.4 Å². The molecule has 35 heavy (non-hydrogen) atoms. The number of hydrogen-bond acceptors (Lipinski definition) is 4. The molecule has 0 aromatic heterocycles. The lowest BCUT2D eigenvalue weighted by molar-refractivity contribution is -0.139. The van der Waals surface area contributed by atoms with Gasteiger partial charge in [0.1, 0.15) is 6.61 Å². The summed E-state index contributed by atoms with van der Waals surface area (Å²) < 4.78 is 5.60. The topological polar surface area (TPSA) is 95.9 Å². The van der Waals surface area contributed by atoms with Gasteiger partial charge in [-0.3, -0.25) is 9.59 Å². The Bertz CT molecular complexity index is 1050. The molecule has 2 N–H and O–H groups in total. The molecule has 7 heteroatoms. The molecule has 2 aromatic rings. The van der Waals surface area contributed by atoms with E-state index in [1.807, 2.05) is 38.1 Å². The molecule has 2 aromatic carbocycles. The van der Waals surface area contributed by atoms with E-state index in [0.29, 0.717) is 12.5 Å². The van der Waals surface area contributed by atoms with Crippen LogP contribution in [-0.2, 0) is 14.3 Å². The summed E-state index contributed by atoms with van der Waals surface area (Å²) in [6.45, 7) is 5.19. The lowest BCUT2D eigenvalue weighted by atomic mass is 9.88. The van der Waals surface area contributed by atoms with Crippen molar-refractivity contribution >= 4 is 18.0 Å². The molecule has 0 spiro atoms. The van der Waals surface area contributed by atoms with Gasteiger partial charge in [-0.05, 0) is 46.4 Å². The Morgan fingerprint density at radius 1 is 1.03 bits per heavy atom. The maximum atomic E-state index is 12.9. The number of carboxylic acids is 1. The molecule has 2 aliphatic rings. The van der Waals surface area contributed by atoms with Gasteiger partial charge in [-0.1, -0.05) is 62.4 Å². The van der Waals surface area contributed by atoms with E-state index in [-0.39, 0.29) is 44.4 Å². The minimum Gasteiger partial charge on any atom is -0.481 e. The van der Waals surface area contributed by atoms with Gasteiger partial charge >= 0.3 is 12.1 Å². The van der Waals surface area contributed by atoms with Crippen molar-refractivity contribution in [1.82, 2.24) is 10.2 Å². The number of nitrogens with zero attached hydrogens (tertiary/aromatic N) is 1. The standard InChI is InChI=1S/C28H34N2O5/c1-28(2,15-25(31)30(14-13-26(32)33)16-19-11-12-19)18-29-27(34)35-17-24-22-9-5-3-7-20(22)21-8-4-6-10-23(21)24/h3-10,19,24H,11-18H2,1-2H3,(H,29,34)(H,32,33). The van der Waals surface area contributed by atoms with Gasteiger partial charge in [-0.25, -0.2) is 4.79 Å². The van der Waals surface area contributed by atoms with Crippen LogP contribution in [0.15, 0.2) is 48.5 Å². The predicted molar refractivity (Wildman–Crippen MR) is 133 cm³/mol. The first-order valence-electron chi connectivity index (χ1n) is 12.3. The average Bonchev–Trinajstić information content (AvgIpc) is 3.59. The van der Waals surface area contributed by atoms with Crippen LogP contribution in [0.1, 0.15) is 56.6 Å². The van der Waals surface area contributed by atoms with E-state index in [1.54, 1.807) is 4.90 Å². The highest BCUT2D eigenvalue weighted by Gasteiger charge is 2.32. The van der Waals surface area contributed by atoms with Crippen molar-refractivity contribution in [3.8, 4) is 11.1 Å². The van der Waals surface area contributed by atoms with Gasteiger partial charge < -0.3 is 20.1 Å². The highest BCUT2D eigenvalue weighted by Crippen LogP contribution is 2.44. The summed E-state index contributed by atoms with van der Waals surface area (Å²) in [6.07, 6.45) is 1.83. The molecule has 0 unspecified atom stereocenters. The molecular weight excluding hydrogens is 444 g/mol. The number of benzene rings is 2. The molecule has 2 amide bonds. The normalized spacial score (nSPS) is 14.7. The van der Waals surface area contributed by atoms with Gasteiger partial charge in [-0.15, -0.1) is 0 Å². The zero-order valence-electron chi connectivity index (χ0n) is 20.5. The molecule has 0 heterocycles. The lowest BCUT2D eigenvalue weighted by Gasteiger charge is -2.29. The van der Waals surface area contributed by atoms with E-state index < -0.39 is 17.5 Å². The molecule has 7 nitrogen and oxygen atoms in total. The van der Waals surface area contributed by atoms with Crippen molar-refractivity contribution in [3.63, 3.8) is 0 Å². The van der Waals surface area contributed by atoms with Crippen LogP contribution < -0.4 is 5.32 Å². The third-order valence-corrected chi connectivity index (χ3v) is 6.81. The fourth-order valence-corrected chi connectivity index (χ4v) is 4.71. The largest absolute Gasteiger partial charge is 0.481 e. The molecule has 1 saturated carbocycles. The number of aliphatic carboxylic acids is 1. The van der Waals surface area contributed by atoms with Gasteiger partial charge in [0, 0.05) is 32.0 Å². The Labute approximate surface area is 206 Å². The summed E-state index contributed by atoms with van der Waals surface area (Å²) in [6, 6.07) is 16.4. The number of fused-ring (bicyclic) bond motifs is 3. The van der Waals surface area contributed by atoms with Gasteiger partial charge in [0.15, 0.2) is 0 Å². The van der Waals surface area contributed by atoms with Gasteiger partial charge in [0.25, 0.3) is 0 Å². The monoisotopic (exact) mass is 478 g/mol. The highest BCUT2D eigenvalue weighted by atomic mass is 16.5. The molecule has 0 aliphatic heterocycles. The van der Waals surface area contributed by atoms with Crippen LogP contribution in [0.2, 0.25) is 0 Å². The highest BCUT2D eigenvalue weighted by molar-refractivity contribution is 5.79. The first kappa shape index (κ1) is 24.8. The van der Waals surface area contributed by atoms with E-state index in [0.717, 1.165) is 24.0 Å². The number of rotatable bonds is 11. The van der Waals surface area contributed by atoms with Crippen molar-refractivity contribution in [2.24, 2.45) is 11.3 Å². The second-order valence-electron chi connectivity index (χ2n) is 10.4. The van der Waals surface area contributed by atoms with Crippen molar-refractivity contribution in [3.05, 3.63) is 59.7 Å². The fourth-order valence-electron chi connectivity index (χ4n) is 4.71. The van der Waals surface area contributed by atoms with Crippen LogP contribution in [0.5, 0.6) is 0 Å². The summed E-state index contributed by atoms with van der Waals surface area (Å²) in [5.41, 5.74) is 4.17. The molecule has 0 atom stereocenters. The summed E-state index contributed by atoms with van der Waals surface area (Å²) in [7, 11) is 0. The van der Waals surface area contributed by atoms with Crippen molar-refractivity contribution in [2.75, 3.05) is 26.2 Å². The van der Waals surface area contributed by atoms with E-state index >= 15 is 0 Å². The van der Waals surface area contributed by atoms with Crippen molar-refractivity contribution in [2.45, 2.75) is 45.4 Å². The molecule has 2 aliphatic carbocycles. The Hall–Kier alpha value is -3.35. The Morgan fingerprint density at radius 2 is 1.63 bits per heavy atom. The molecule has 1 fully saturated rings. The first-order chi connectivity index (χ1) is 16.7. The second-order valence-corrected chi connectivity index (χ2v) is 10.4. The van der Waals surface area contributed by atoms with Crippen LogP contribution in [0, 0.1) is 11.3 Å². The molecule has 4 rings (SSSR count). The molecular formula is C28H34N2O5. The Balaban J connectivity index is 1.28. The quantitative estimate of drug-likeness (QED) is 0.490. The van der Waals surface area contributed by atoms with Crippen LogP contribution >= 0.6 is 0 Å². The van der Waals surface area contributed by atoms with Crippen LogP contribution in [-0.4, -0.2) is 54.2 Å². The maximum Gasteiger partial charge on any atom is 0.407 e. The van der Waals surface area contributed by atoms with E-state index in [2.05, 4.69) is 29.6 Å². The molecule has 0 radical (unpaired) electrons. The smallest absolute Gasteiger partial charge is 0.407 e. The molecule has 0 bridgehead atoms. The zero-order valence-corrected chi connectivity index (χ0v) is 20.5. The zero-order chi connectivity index (χ0) is 25.0. The minimum absolute atomic E-state index is 0.00652. The molecule has 0 saturated heterocycles. The van der Waals surface area contributed by atoms with Crippen molar-refractivity contribution < 1.29 is 24.2 Å². The number of hydrogen-bond donors (Lipinski definition) is 2. The van der Waals surface area contributed by atoms with Crippen molar-refractivity contribution in [1.29, 1.82) is 0 Å². The van der Waals surface area contributed by atoms with E-state index in [1.165, 1.54) is 11.1 Å². The SMILES string of the molecule is CC(C)(CNC(=O)OCC1c2ccccc2-c2ccccc21)CC(=O)N(CCC(=O)O)CC1CC1. The fraction of sp³-hybridized carbons (Fsp3) is 0.464. The Morgan fingerprint density at radius 3 is 2.20 bits per heavy atom. The summed E-state index contributed by atoms with van der Waals surface area (Å²) in [4.78, 5) is 38.1. The van der Waals surface area contributed by atoms with E-state index in [4.69, 9.17) is 9.84 Å². The third kappa shape index (κ3) is 6.41. The lowest BCUT2D eigenvalue weighted by Crippen LogP contribution is -2.41. The number of nitrogens with one attached hydrogen (secondary N) is 1. The number of ether oxygens (including phenoxy) is 1. The first-order valence-corrected chi connectivity index (χ1v) is 12.3. The van der Waals surface area contributed by atoms with Crippen LogP contribution in [0.25, 0.3) is 11.1 Å². The predicted octanol–water partition coefficient (Wildman–Crippen LogP) is 4.65. The molecule has 186 valence electrons. The number of carbonyl (C=O) groups is 3. The second kappa shape index (κ2) is 10.5. The average molecular weight is 479 g/mol. The number of alkyl carbamates (subject to hydrolysis) is 1. The van der Waals surface area contributed by atoms with Crippen LogP contribution in [0.4, 0.5) is 4.79 Å². The Kier molecular flexibility index (Phi) is 7.43. The number of carbonyl (C=O) groups excluding carboxylic acids is 2.